The van der Waals surface area contributed by atoms with Crippen molar-refractivity contribution in [1.29, 1.82) is 0 Å². The summed E-state index contributed by atoms with van der Waals surface area (Å²) in [5.41, 5.74) is 11.0. The van der Waals surface area contributed by atoms with Crippen molar-refractivity contribution in [2.75, 3.05) is 7.11 Å². The number of nitrogens with two attached hydrogens (primary N) is 1. The van der Waals surface area contributed by atoms with Crippen molar-refractivity contribution in [3.8, 4) is 5.75 Å². The molecular weight excluding hydrogens is 546 g/mol. The molecule has 1 aromatic heterocycles. The molecule has 2 aliphatic rings. The zero-order valence-electron chi connectivity index (χ0n) is 22.4. The molecule has 2 aromatic carbocycles. The fourth-order valence-corrected chi connectivity index (χ4v) is 6.08. The molecular formula is C30H33N3O5S2. The first kappa shape index (κ1) is 28.2. The second-order valence-corrected chi connectivity index (χ2v) is 12.3. The number of hydrogen-bond acceptors (Lipinski definition) is 8. The molecule has 0 amide bonds. The first-order valence-electron chi connectivity index (χ1n) is 13.5. The average molecular weight is 580 g/mol. The number of carbonyl (C=O) groups is 1. The van der Waals surface area contributed by atoms with Crippen LogP contribution in [-0.4, -0.2) is 39.2 Å². The highest BCUT2D eigenvalue weighted by molar-refractivity contribution is 7.80. The number of aromatic carboxylic acids is 1. The predicted molar refractivity (Wildman–Crippen MR) is 158 cm³/mol. The van der Waals surface area contributed by atoms with Crippen LogP contribution < -0.4 is 10.5 Å². The normalized spacial score (nSPS) is 17.5. The molecule has 3 N–H and O–H groups in total. The SMILES string of the molecule is COS(=O)c1ccc(CC(C(CC2CC2)=Nc2nc(C(=O)O)cs2)=C(N)c2cccc(OC3CCCC3)c2)cc1. The molecule has 0 radical (unpaired) electrons. The van der Waals surface area contributed by atoms with E-state index in [1.807, 2.05) is 36.4 Å². The van der Waals surface area contributed by atoms with Crippen molar-refractivity contribution in [2.45, 2.75) is 62.4 Å². The second kappa shape index (κ2) is 12.9. The summed E-state index contributed by atoms with van der Waals surface area (Å²) in [5, 5.41) is 11.3. The summed E-state index contributed by atoms with van der Waals surface area (Å²) in [6, 6.07) is 15.3. The number of thiazole rings is 1. The van der Waals surface area contributed by atoms with E-state index in [-0.39, 0.29) is 11.8 Å². The standard InChI is InChI=1S/C30H33N3O5S2/c1-37-40(36)24-13-11-19(12-14-24)15-25(26(16-20-9-10-20)32-30-33-27(18-39-30)29(34)35)28(31)21-5-4-8-23(17-21)38-22-6-2-3-7-22/h4-5,8,11-14,17-18,20,22H,2-3,6-7,9-10,15-16,31H2,1H3,(H,34,35). The molecule has 10 heteroatoms. The summed E-state index contributed by atoms with van der Waals surface area (Å²) in [6.45, 7) is 0. The van der Waals surface area contributed by atoms with E-state index in [4.69, 9.17) is 19.6 Å². The highest BCUT2D eigenvalue weighted by atomic mass is 32.2. The summed E-state index contributed by atoms with van der Waals surface area (Å²) in [7, 11) is 1.41. The van der Waals surface area contributed by atoms with Crippen molar-refractivity contribution < 1.29 is 23.0 Å². The molecule has 2 fully saturated rings. The minimum Gasteiger partial charge on any atom is -0.490 e. The number of nitrogens with zero attached hydrogens (tertiary/aromatic N) is 2. The summed E-state index contributed by atoms with van der Waals surface area (Å²) >= 11 is -0.318. The van der Waals surface area contributed by atoms with Gasteiger partial charge in [-0.3, -0.25) is 4.18 Å². The van der Waals surface area contributed by atoms with Crippen LogP contribution in [0.5, 0.6) is 5.75 Å². The van der Waals surface area contributed by atoms with Crippen LogP contribution in [-0.2, 0) is 21.7 Å². The molecule has 210 valence electrons. The van der Waals surface area contributed by atoms with Gasteiger partial charge < -0.3 is 15.6 Å². The van der Waals surface area contributed by atoms with Gasteiger partial charge in [-0.15, -0.1) is 11.3 Å². The fourth-order valence-electron chi connectivity index (χ4n) is 4.84. The molecule has 3 aromatic rings. The molecule has 8 nitrogen and oxygen atoms in total. The maximum Gasteiger partial charge on any atom is 0.355 e. The third kappa shape index (κ3) is 7.24. The maximum absolute atomic E-state index is 12.1. The lowest BCUT2D eigenvalue weighted by Crippen LogP contribution is -2.15. The molecule has 5 rings (SSSR count). The van der Waals surface area contributed by atoms with E-state index >= 15 is 0 Å². The summed E-state index contributed by atoms with van der Waals surface area (Å²) in [6.07, 6.45) is 8.19. The van der Waals surface area contributed by atoms with Crippen LogP contribution in [0.2, 0.25) is 0 Å². The van der Waals surface area contributed by atoms with Gasteiger partial charge in [0, 0.05) is 34.3 Å². The van der Waals surface area contributed by atoms with Crippen molar-refractivity contribution in [2.24, 2.45) is 16.6 Å². The van der Waals surface area contributed by atoms with Gasteiger partial charge in [0.05, 0.1) is 18.1 Å². The Morgan fingerprint density at radius 1 is 1.15 bits per heavy atom. The van der Waals surface area contributed by atoms with Gasteiger partial charge in [0.2, 0.25) is 5.13 Å². The number of rotatable bonds is 12. The van der Waals surface area contributed by atoms with Crippen LogP contribution in [0, 0.1) is 5.92 Å². The minimum atomic E-state index is -1.52. The van der Waals surface area contributed by atoms with E-state index in [9.17, 15) is 14.1 Å². The van der Waals surface area contributed by atoms with Gasteiger partial charge in [-0.1, -0.05) is 24.3 Å². The van der Waals surface area contributed by atoms with E-state index in [0.29, 0.717) is 28.1 Å². The quantitative estimate of drug-likeness (QED) is 0.241. The van der Waals surface area contributed by atoms with Gasteiger partial charge in [0.15, 0.2) is 16.8 Å². The average Bonchev–Trinajstić information content (AvgIpc) is 3.40. The lowest BCUT2D eigenvalue weighted by atomic mass is 9.93. The summed E-state index contributed by atoms with van der Waals surface area (Å²) in [5.74, 6) is 0.220. The smallest absolute Gasteiger partial charge is 0.355 e. The first-order valence-corrected chi connectivity index (χ1v) is 15.4. The van der Waals surface area contributed by atoms with Crippen LogP contribution in [0.4, 0.5) is 5.13 Å². The van der Waals surface area contributed by atoms with E-state index in [0.717, 1.165) is 60.3 Å². The number of allylic oxidation sites excluding steroid dienone is 1. The Balaban J connectivity index is 1.55. The van der Waals surface area contributed by atoms with Gasteiger partial charge >= 0.3 is 5.97 Å². The lowest BCUT2D eigenvalue weighted by molar-refractivity contribution is 0.0691. The highest BCUT2D eigenvalue weighted by Gasteiger charge is 2.27. The van der Waals surface area contributed by atoms with Gasteiger partial charge in [0.1, 0.15) is 5.75 Å². The predicted octanol–water partition coefficient (Wildman–Crippen LogP) is 6.32. The molecule has 2 aliphatic carbocycles. The second-order valence-electron chi connectivity index (χ2n) is 10.2. The fraction of sp³-hybridized carbons (Fsp3) is 0.367. The molecule has 1 atom stereocenters. The van der Waals surface area contributed by atoms with E-state index in [1.165, 1.54) is 36.7 Å². The van der Waals surface area contributed by atoms with E-state index in [1.54, 1.807) is 12.1 Å². The third-order valence-electron chi connectivity index (χ3n) is 7.19. The van der Waals surface area contributed by atoms with Gasteiger partial charge in [-0.05, 0) is 80.7 Å². The number of ether oxygens (including phenoxy) is 1. The van der Waals surface area contributed by atoms with Crippen LogP contribution >= 0.6 is 11.3 Å². The molecule has 0 bridgehead atoms. The molecule has 0 spiro atoms. The number of aliphatic imine (C=N–C) groups is 1. The molecule has 40 heavy (non-hydrogen) atoms. The molecule has 1 unspecified atom stereocenters. The number of carboxylic acid groups (broad SMARTS) is 1. The van der Waals surface area contributed by atoms with Gasteiger partial charge in [0.25, 0.3) is 0 Å². The Bertz CT molecular complexity index is 1440. The van der Waals surface area contributed by atoms with Crippen molar-refractivity contribution in [3.05, 3.63) is 76.3 Å². The maximum atomic E-state index is 12.1. The van der Waals surface area contributed by atoms with Crippen molar-refractivity contribution in [1.82, 2.24) is 4.98 Å². The van der Waals surface area contributed by atoms with E-state index in [2.05, 4.69) is 4.98 Å². The van der Waals surface area contributed by atoms with Crippen LogP contribution in [0.25, 0.3) is 5.70 Å². The third-order valence-corrected chi connectivity index (χ3v) is 8.89. The van der Waals surface area contributed by atoms with Crippen molar-refractivity contribution in [3.63, 3.8) is 0 Å². The largest absolute Gasteiger partial charge is 0.490 e. The zero-order chi connectivity index (χ0) is 28.1. The highest BCUT2D eigenvalue weighted by Crippen LogP contribution is 2.37. The zero-order valence-corrected chi connectivity index (χ0v) is 24.0. The van der Waals surface area contributed by atoms with Gasteiger partial charge in [-0.2, -0.15) is 0 Å². The lowest BCUT2D eigenvalue weighted by Gasteiger charge is -2.17. The number of aromatic nitrogens is 1. The number of hydrogen-bond donors (Lipinski definition) is 2. The first-order chi connectivity index (χ1) is 19.4. The number of benzene rings is 2. The van der Waals surface area contributed by atoms with Crippen LogP contribution in [0.3, 0.4) is 0 Å². The summed E-state index contributed by atoms with van der Waals surface area (Å²) in [4.78, 5) is 21.1. The molecule has 1 heterocycles. The summed E-state index contributed by atoms with van der Waals surface area (Å²) < 4.78 is 23.3. The Labute approximate surface area is 240 Å². The van der Waals surface area contributed by atoms with E-state index < -0.39 is 17.0 Å². The monoisotopic (exact) mass is 579 g/mol. The molecule has 2 saturated carbocycles. The Hall–Kier alpha value is -3.34. The van der Waals surface area contributed by atoms with Gasteiger partial charge in [-0.25, -0.2) is 19.0 Å². The Kier molecular flexibility index (Phi) is 9.08. The Morgan fingerprint density at radius 3 is 2.55 bits per heavy atom. The van der Waals surface area contributed by atoms with Crippen LogP contribution in [0.1, 0.15) is 66.6 Å². The van der Waals surface area contributed by atoms with Crippen LogP contribution in [0.15, 0.2) is 69.4 Å². The minimum absolute atomic E-state index is 0.0217. The number of carboxylic acids is 1. The Morgan fingerprint density at radius 2 is 1.90 bits per heavy atom. The van der Waals surface area contributed by atoms with Crippen molar-refractivity contribution >= 4 is 44.9 Å². The molecule has 0 saturated heterocycles. The topological polar surface area (TPSA) is 124 Å². The molecule has 0 aliphatic heterocycles.